The Morgan fingerprint density at radius 1 is 1.20 bits per heavy atom. The standard InChI is InChI=1S/C9H6F7O3P/c10-6-3-1-2-5(7(6)11)8(12,4-9(13,14)15)19-20(16,17)18/h1-3H,4H2,(H,17,18)/p-1. The molecule has 1 aromatic rings. The summed E-state index contributed by atoms with van der Waals surface area (Å²) in [6.07, 6.45) is -8.06. The maximum Gasteiger partial charge on any atom is 0.394 e. The molecular formula is C9H5F7O3P-. The maximum absolute atomic E-state index is 14.0. The third-order valence-corrected chi connectivity index (χ3v) is 2.54. The summed E-state index contributed by atoms with van der Waals surface area (Å²) in [6.45, 7) is 0. The molecule has 0 spiro atoms. The van der Waals surface area contributed by atoms with E-state index in [1.54, 1.807) is 0 Å². The summed E-state index contributed by atoms with van der Waals surface area (Å²) in [5.74, 6) is -8.32. The number of rotatable bonds is 4. The van der Waals surface area contributed by atoms with Crippen molar-refractivity contribution >= 4 is 7.91 Å². The molecule has 0 N–H and O–H groups in total. The van der Waals surface area contributed by atoms with E-state index in [9.17, 15) is 40.0 Å². The molecule has 1 aromatic carbocycles. The van der Waals surface area contributed by atoms with Crippen molar-refractivity contribution in [2.45, 2.75) is 18.5 Å². The van der Waals surface area contributed by atoms with E-state index in [4.69, 9.17) is 0 Å². The van der Waals surface area contributed by atoms with E-state index >= 15 is 0 Å². The maximum atomic E-state index is 14.0. The van der Waals surface area contributed by atoms with Crippen molar-refractivity contribution in [3.05, 3.63) is 35.4 Å². The molecule has 20 heavy (non-hydrogen) atoms. The fourth-order valence-corrected chi connectivity index (χ4v) is 1.91. The van der Waals surface area contributed by atoms with Gasteiger partial charge in [-0.1, -0.05) is 12.1 Å². The smallest absolute Gasteiger partial charge is 0.394 e. The van der Waals surface area contributed by atoms with E-state index in [0.717, 1.165) is 0 Å². The SMILES string of the molecule is O=P([O-])(F)OC(F)(CC(F)(F)F)c1cccc(F)c1F. The lowest BCUT2D eigenvalue weighted by molar-refractivity contribution is -0.259. The lowest BCUT2D eigenvalue weighted by Crippen LogP contribution is -2.32. The Kier molecular flexibility index (Phi) is 4.52. The number of halogens is 7. The zero-order chi connectivity index (χ0) is 15.8. The second-order valence-corrected chi connectivity index (χ2v) is 4.69. The lowest BCUT2D eigenvalue weighted by Gasteiger charge is -2.30. The molecule has 0 radical (unpaired) electrons. The second-order valence-electron chi connectivity index (χ2n) is 3.64. The predicted octanol–water partition coefficient (Wildman–Crippen LogP) is 3.49. The van der Waals surface area contributed by atoms with Crippen molar-refractivity contribution in [1.29, 1.82) is 0 Å². The zero-order valence-electron chi connectivity index (χ0n) is 9.26. The van der Waals surface area contributed by atoms with Gasteiger partial charge >= 0.3 is 14.1 Å². The molecule has 0 aromatic heterocycles. The van der Waals surface area contributed by atoms with Crippen molar-refractivity contribution in [1.82, 2.24) is 0 Å². The van der Waals surface area contributed by atoms with Crippen LogP contribution in [-0.4, -0.2) is 6.18 Å². The largest absolute Gasteiger partial charge is 0.753 e. The second kappa shape index (κ2) is 5.34. The summed E-state index contributed by atoms with van der Waals surface area (Å²) in [6, 6.07) is 1.36. The first kappa shape index (κ1) is 16.9. The van der Waals surface area contributed by atoms with Crippen LogP contribution in [0, 0.1) is 11.6 Å². The molecule has 0 fully saturated rings. The Labute approximate surface area is 107 Å². The van der Waals surface area contributed by atoms with Crippen molar-refractivity contribution < 1.29 is 44.5 Å². The highest BCUT2D eigenvalue weighted by Crippen LogP contribution is 2.52. The van der Waals surface area contributed by atoms with Gasteiger partial charge < -0.3 is 4.89 Å². The molecule has 2 atom stereocenters. The first-order valence-electron chi connectivity index (χ1n) is 4.76. The van der Waals surface area contributed by atoms with E-state index in [0.29, 0.717) is 18.2 Å². The van der Waals surface area contributed by atoms with Gasteiger partial charge in [0.2, 0.25) is 0 Å². The number of alkyl halides is 4. The molecule has 1 rings (SSSR count). The first-order chi connectivity index (χ1) is 8.84. The summed E-state index contributed by atoms with van der Waals surface area (Å²) in [5.41, 5.74) is -1.72. The van der Waals surface area contributed by atoms with Gasteiger partial charge in [-0.3, -0.25) is 9.09 Å². The topological polar surface area (TPSA) is 49.4 Å². The van der Waals surface area contributed by atoms with Gasteiger partial charge in [0.1, 0.15) is 6.42 Å². The van der Waals surface area contributed by atoms with Gasteiger partial charge in [0.25, 0.3) is 5.85 Å². The van der Waals surface area contributed by atoms with Crippen LogP contribution in [0.4, 0.5) is 30.5 Å². The fourth-order valence-electron chi connectivity index (χ4n) is 1.40. The molecular weight excluding hydrogens is 320 g/mol. The molecule has 0 amide bonds. The van der Waals surface area contributed by atoms with Gasteiger partial charge in [-0.05, 0) is 6.07 Å². The molecule has 0 bridgehead atoms. The van der Waals surface area contributed by atoms with Gasteiger partial charge in [0, 0.05) is 0 Å². The molecule has 0 heterocycles. The van der Waals surface area contributed by atoms with Gasteiger partial charge in [0.15, 0.2) is 11.6 Å². The average Bonchev–Trinajstić information content (AvgIpc) is 2.15. The predicted molar refractivity (Wildman–Crippen MR) is 49.6 cm³/mol. The van der Waals surface area contributed by atoms with Crippen LogP contribution < -0.4 is 4.89 Å². The Balaban J connectivity index is 3.37. The van der Waals surface area contributed by atoms with E-state index in [1.807, 2.05) is 0 Å². The van der Waals surface area contributed by atoms with Crippen LogP contribution in [0.1, 0.15) is 12.0 Å². The van der Waals surface area contributed by atoms with Gasteiger partial charge in [0.05, 0.1) is 5.56 Å². The summed E-state index contributed by atoms with van der Waals surface area (Å²) in [4.78, 5) is 10.2. The van der Waals surface area contributed by atoms with Crippen molar-refractivity contribution in [3.63, 3.8) is 0 Å². The molecule has 0 aliphatic carbocycles. The number of hydrogen-bond donors (Lipinski definition) is 0. The highest BCUT2D eigenvalue weighted by molar-refractivity contribution is 7.45. The van der Waals surface area contributed by atoms with Crippen LogP contribution in [0.5, 0.6) is 0 Å². The quantitative estimate of drug-likeness (QED) is 0.629. The summed E-state index contributed by atoms with van der Waals surface area (Å²) >= 11 is 0. The van der Waals surface area contributed by atoms with E-state index in [-0.39, 0.29) is 0 Å². The number of hydrogen-bond acceptors (Lipinski definition) is 3. The first-order valence-corrected chi connectivity index (χ1v) is 6.19. The Hall–Kier alpha value is -1.12. The van der Waals surface area contributed by atoms with Crippen molar-refractivity contribution in [2.75, 3.05) is 0 Å². The fraction of sp³-hybridized carbons (Fsp3) is 0.333. The Bertz CT molecular complexity index is 541. The van der Waals surface area contributed by atoms with Crippen molar-refractivity contribution in [3.8, 4) is 0 Å². The highest BCUT2D eigenvalue weighted by atomic mass is 31.2. The van der Waals surface area contributed by atoms with Crippen molar-refractivity contribution in [2.24, 2.45) is 0 Å². The Morgan fingerprint density at radius 3 is 2.20 bits per heavy atom. The normalized spacial score (nSPS) is 18.4. The van der Waals surface area contributed by atoms with Crippen LogP contribution in [0.15, 0.2) is 18.2 Å². The van der Waals surface area contributed by atoms with Gasteiger partial charge in [-0.2, -0.15) is 17.4 Å². The third kappa shape index (κ3) is 4.46. The molecule has 0 aliphatic heterocycles. The van der Waals surface area contributed by atoms with Crippen LogP contribution in [0.25, 0.3) is 0 Å². The Morgan fingerprint density at radius 2 is 1.75 bits per heavy atom. The summed E-state index contributed by atoms with van der Waals surface area (Å²) < 4.78 is 102. The molecule has 0 saturated carbocycles. The molecule has 11 heteroatoms. The minimum atomic E-state index is -6.49. The van der Waals surface area contributed by atoms with Gasteiger partial charge in [-0.25, -0.2) is 13.2 Å². The van der Waals surface area contributed by atoms with E-state index in [2.05, 4.69) is 4.52 Å². The minimum absolute atomic E-state index is 0.305. The molecule has 114 valence electrons. The monoisotopic (exact) mass is 325 g/mol. The lowest BCUT2D eigenvalue weighted by atomic mass is 10.0. The molecule has 3 nitrogen and oxygen atoms in total. The highest BCUT2D eigenvalue weighted by Gasteiger charge is 2.49. The summed E-state index contributed by atoms with van der Waals surface area (Å²) in [7, 11) is -6.49. The minimum Gasteiger partial charge on any atom is -0.753 e. The number of benzene rings is 1. The average molecular weight is 325 g/mol. The zero-order valence-corrected chi connectivity index (χ0v) is 10.2. The molecule has 0 saturated heterocycles. The van der Waals surface area contributed by atoms with Crippen LogP contribution in [0.2, 0.25) is 0 Å². The van der Waals surface area contributed by atoms with E-state index in [1.165, 1.54) is 0 Å². The van der Waals surface area contributed by atoms with E-state index < -0.39 is 43.6 Å². The third-order valence-electron chi connectivity index (χ3n) is 2.04. The van der Waals surface area contributed by atoms with Crippen LogP contribution in [-0.2, 0) is 14.9 Å². The van der Waals surface area contributed by atoms with Crippen LogP contribution in [0.3, 0.4) is 0 Å². The molecule has 2 unspecified atom stereocenters. The summed E-state index contributed by atoms with van der Waals surface area (Å²) in [5, 5.41) is 0. The molecule has 0 aliphatic rings. The van der Waals surface area contributed by atoms with Gasteiger partial charge in [-0.15, -0.1) is 0 Å². The van der Waals surface area contributed by atoms with Crippen LogP contribution >= 0.6 is 7.91 Å².